The van der Waals surface area contributed by atoms with Crippen molar-refractivity contribution in [1.29, 1.82) is 5.26 Å². The lowest BCUT2D eigenvalue weighted by Gasteiger charge is -2.05. The quantitative estimate of drug-likeness (QED) is 0.178. The fraction of sp³-hybridized carbons (Fsp3) is 0. The van der Waals surface area contributed by atoms with Crippen LogP contribution < -0.4 is 5.73 Å². The van der Waals surface area contributed by atoms with E-state index in [1.807, 2.05) is 42.5 Å². The minimum Gasteiger partial charge on any atom is -0.456 e. The van der Waals surface area contributed by atoms with E-state index in [1.165, 1.54) is 0 Å². The predicted molar refractivity (Wildman–Crippen MR) is 216 cm³/mol. The highest BCUT2D eigenvalue weighted by Crippen LogP contribution is 2.38. The van der Waals surface area contributed by atoms with Crippen molar-refractivity contribution < 1.29 is 8.83 Å². The van der Waals surface area contributed by atoms with Gasteiger partial charge in [-0.05, 0) is 109 Å². The molecule has 0 radical (unpaired) electrons. The van der Waals surface area contributed by atoms with E-state index in [1.54, 1.807) is 6.07 Å². The summed E-state index contributed by atoms with van der Waals surface area (Å²) >= 11 is 0. The van der Waals surface area contributed by atoms with E-state index in [0.29, 0.717) is 11.3 Å². The number of hydrogen-bond donors (Lipinski definition) is 1. The Morgan fingerprint density at radius 1 is 0.473 bits per heavy atom. The van der Waals surface area contributed by atoms with Gasteiger partial charge in [-0.25, -0.2) is 9.97 Å². The predicted octanol–water partition coefficient (Wildman–Crippen LogP) is 10.4. The fourth-order valence-corrected chi connectivity index (χ4v) is 8.70. The number of nitrogen functional groups attached to an aromatic ring is 1. The maximum atomic E-state index is 9.59. The third kappa shape index (κ3) is 3.65. The van der Waals surface area contributed by atoms with Crippen LogP contribution in [0, 0.1) is 11.3 Å². The number of nitrogens with two attached hydrogens (primary N) is 1. The second kappa shape index (κ2) is 9.89. The molecular weight excluding hydrogens is 685 g/mol. The van der Waals surface area contributed by atoms with Crippen molar-refractivity contribution in [2.45, 2.75) is 0 Å². The molecule has 6 heterocycles. The highest BCUT2D eigenvalue weighted by Gasteiger charge is 2.23. The molecule has 0 aliphatic heterocycles. The smallest absolute Gasteiger partial charge is 0.220 e. The zero-order valence-corrected chi connectivity index (χ0v) is 28.7. The molecule has 0 amide bonds. The Bertz CT molecular complexity index is 3880. The normalized spacial score (nSPS) is 12.4. The number of imidazole rings is 4. The van der Waals surface area contributed by atoms with Crippen LogP contribution in [-0.2, 0) is 0 Å². The lowest BCUT2D eigenvalue weighted by molar-refractivity contribution is 0.668. The summed E-state index contributed by atoms with van der Waals surface area (Å²) in [5, 5.41) is 13.4. The van der Waals surface area contributed by atoms with Crippen LogP contribution >= 0.6 is 0 Å². The molecule has 55 heavy (non-hydrogen) atoms. The molecule has 0 atom stereocenters. The summed E-state index contributed by atoms with van der Waals surface area (Å²) in [5.74, 6) is 1.60. The maximum absolute atomic E-state index is 9.59. The van der Waals surface area contributed by atoms with E-state index in [2.05, 4.69) is 109 Å². The SMILES string of the molecule is N#Cc1ccc2oc3ccc(-n4c5ccccc5n5c6cc7c(cc6nc45)nc4n(-c5ccc6oc8ccc(N)cc8c6c5)c5ccccc5n74)cc3c2c1. The van der Waals surface area contributed by atoms with E-state index in [4.69, 9.17) is 24.5 Å². The number of furan rings is 2. The molecule has 0 unspecified atom stereocenters. The monoisotopic (exact) mass is 708 g/mol. The summed E-state index contributed by atoms with van der Waals surface area (Å²) in [7, 11) is 0. The van der Waals surface area contributed by atoms with Gasteiger partial charge in [0.15, 0.2) is 0 Å². The molecular formula is C45H24N8O2. The summed E-state index contributed by atoms with van der Waals surface area (Å²) < 4.78 is 21.2. The van der Waals surface area contributed by atoms with Gasteiger partial charge in [0.1, 0.15) is 22.3 Å². The number of rotatable bonds is 2. The average molecular weight is 709 g/mol. The van der Waals surface area contributed by atoms with E-state index >= 15 is 0 Å². The number of aromatic nitrogens is 6. The summed E-state index contributed by atoms with van der Waals surface area (Å²) in [6.45, 7) is 0. The van der Waals surface area contributed by atoms with Crippen LogP contribution in [0.25, 0.3) is 111 Å². The molecule has 10 nitrogen and oxygen atoms in total. The highest BCUT2D eigenvalue weighted by molar-refractivity contribution is 6.08. The number of para-hydroxylation sites is 4. The molecule has 10 heteroatoms. The van der Waals surface area contributed by atoms with E-state index in [0.717, 1.165) is 111 Å². The van der Waals surface area contributed by atoms with Gasteiger partial charge in [-0.15, -0.1) is 0 Å². The van der Waals surface area contributed by atoms with Gasteiger partial charge < -0.3 is 14.6 Å². The van der Waals surface area contributed by atoms with Crippen molar-refractivity contribution in [3.05, 3.63) is 139 Å². The van der Waals surface area contributed by atoms with Gasteiger partial charge in [-0.2, -0.15) is 5.26 Å². The fourth-order valence-electron chi connectivity index (χ4n) is 8.70. The minimum absolute atomic E-state index is 0.592. The molecule has 0 saturated carbocycles. The number of fused-ring (bicyclic) bond motifs is 16. The number of hydrogen-bond acceptors (Lipinski definition) is 6. The Labute approximate surface area is 308 Å². The molecule has 256 valence electrons. The number of nitriles is 1. The van der Waals surface area contributed by atoms with Crippen molar-refractivity contribution in [1.82, 2.24) is 27.9 Å². The lowest BCUT2D eigenvalue weighted by Crippen LogP contribution is -1.95. The van der Waals surface area contributed by atoms with Gasteiger partial charge in [0, 0.05) is 27.2 Å². The van der Waals surface area contributed by atoms with Gasteiger partial charge in [0.05, 0.1) is 67.1 Å². The van der Waals surface area contributed by atoms with Crippen molar-refractivity contribution in [2.75, 3.05) is 5.73 Å². The summed E-state index contributed by atoms with van der Waals surface area (Å²) in [5.41, 5.74) is 20.3. The molecule has 13 aromatic rings. The van der Waals surface area contributed by atoms with Crippen LogP contribution in [0.1, 0.15) is 5.56 Å². The van der Waals surface area contributed by atoms with Crippen LogP contribution in [0.15, 0.2) is 142 Å². The topological polar surface area (TPSA) is 121 Å². The molecule has 6 aromatic heterocycles. The Morgan fingerprint density at radius 3 is 1.49 bits per heavy atom. The third-order valence-corrected chi connectivity index (χ3v) is 11.1. The van der Waals surface area contributed by atoms with E-state index in [9.17, 15) is 5.26 Å². The summed E-state index contributed by atoms with van der Waals surface area (Å²) in [4.78, 5) is 10.6. The molecule has 0 aliphatic rings. The Balaban J connectivity index is 1.07. The molecule has 13 rings (SSSR count). The highest BCUT2D eigenvalue weighted by atomic mass is 16.3. The Kier molecular flexibility index (Phi) is 5.13. The van der Waals surface area contributed by atoms with Gasteiger partial charge in [-0.3, -0.25) is 17.9 Å². The number of nitrogens with zero attached hydrogens (tertiary/aromatic N) is 7. The molecule has 0 bridgehead atoms. The molecule has 0 spiro atoms. The van der Waals surface area contributed by atoms with Crippen LogP contribution in [0.2, 0.25) is 0 Å². The van der Waals surface area contributed by atoms with Crippen molar-refractivity contribution >= 4 is 105 Å². The van der Waals surface area contributed by atoms with E-state index in [-0.39, 0.29) is 0 Å². The van der Waals surface area contributed by atoms with Gasteiger partial charge in [-0.1, -0.05) is 24.3 Å². The third-order valence-electron chi connectivity index (χ3n) is 11.1. The molecule has 7 aromatic carbocycles. The Hall–Kier alpha value is -8.03. The average Bonchev–Trinajstić information content (AvgIpc) is 4.05. The molecule has 2 N–H and O–H groups in total. The first kappa shape index (κ1) is 28.5. The van der Waals surface area contributed by atoms with Gasteiger partial charge >= 0.3 is 0 Å². The first-order chi connectivity index (χ1) is 27.1. The maximum Gasteiger partial charge on any atom is 0.220 e. The Morgan fingerprint density at radius 2 is 0.945 bits per heavy atom. The van der Waals surface area contributed by atoms with Crippen LogP contribution in [0.3, 0.4) is 0 Å². The van der Waals surface area contributed by atoms with Crippen LogP contribution in [-0.4, -0.2) is 27.9 Å². The second-order valence-corrected chi connectivity index (χ2v) is 14.1. The van der Waals surface area contributed by atoms with Crippen LogP contribution in [0.5, 0.6) is 0 Å². The van der Waals surface area contributed by atoms with E-state index < -0.39 is 0 Å². The van der Waals surface area contributed by atoms with Gasteiger partial charge in [0.2, 0.25) is 11.6 Å². The number of anilines is 1. The zero-order chi connectivity index (χ0) is 36.1. The number of benzene rings is 7. The first-order valence-electron chi connectivity index (χ1n) is 17.9. The summed E-state index contributed by atoms with van der Waals surface area (Å²) in [6.07, 6.45) is 0. The standard InChI is InChI=1S/C45H24N8O2/c46-23-24-9-13-40-28(17-24)30-19-26(11-15-42(30)54-40)50-34-5-1-3-7-36(34)52-38-22-39-33(21-32(38)48-44(50)52)49-45-51(35-6-2-4-8-37(35)53(39)45)27-12-16-43-31(20-27)29-18-25(47)10-14-41(29)55-43/h1-22H,47H2. The molecule has 0 aliphatic carbocycles. The van der Waals surface area contributed by atoms with Crippen LogP contribution in [0.4, 0.5) is 5.69 Å². The molecule has 0 saturated heterocycles. The van der Waals surface area contributed by atoms with Crippen molar-refractivity contribution in [2.24, 2.45) is 0 Å². The van der Waals surface area contributed by atoms with Crippen molar-refractivity contribution in [3.8, 4) is 17.4 Å². The zero-order valence-electron chi connectivity index (χ0n) is 28.7. The summed E-state index contributed by atoms with van der Waals surface area (Å²) in [6, 6.07) is 47.1. The minimum atomic E-state index is 0.592. The molecule has 0 fully saturated rings. The largest absolute Gasteiger partial charge is 0.456 e. The lowest BCUT2D eigenvalue weighted by atomic mass is 10.1. The van der Waals surface area contributed by atoms with Gasteiger partial charge in [0.25, 0.3) is 0 Å². The first-order valence-corrected chi connectivity index (χ1v) is 17.9. The second-order valence-electron chi connectivity index (χ2n) is 14.1. The van der Waals surface area contributed by atoms with Crippen molar-refractivity contribution in [3.63, 3.8) is 0 Å².